The van der Waals surface area contributed by atoms with Gasteiger partial charge in [-0.3, -0.25) is 29.0 Å². The third-order valence-corrected chi connectivity index (χ3v) is 7.96. The van der Waals surface area contributed by atoms with E-state index < -0.39 is 72.9 Å². The van der Waals surface area contributed by atoms with Gasteiger partial charge in [-0.25, -0.2) is 18.2 Å². The Morgan fingerprint density at radius 1 is 1.13 bits per heavy atom. The molecular weight excluding hydrogens is 613 g/mol. The van der Waals surface area contributed by atoms with Crippen molar-refractivity contribution in [3.63, 3.8) is 0 Å². The summed E-state index contributed by atoms with van der Waals surface area (Å²) >= 11 is 6.52. The summed E-state index contributed by atoms with van der Waals surface area (Å²) in [6.45, 7) is 0.482. The highest BCUT2D eigenvalue weighted by atomic mass is 35.5. The Balaban J connectivity index is 1.66. The van der Waals surface area contributed by atoms with Crippen LogP contribution in [0.5, 0.6) is 0 Å². The first kappa shape index (κ1) is 31.5. The van der Waals surface area contributed by atoms with E-state index in [1.807, 2.05) is 6.07 Å². The number of carbonyl (C=O) groups is 4. The molecule has 232 valence electrons. The lowest BCUT2D eigenvalue weighted by atomic mass is 9.87. The number of amides is 4. The van der Waals surface area contributed by atoms with Crippen LogP contribution >= 0.6 is 11.6 Å². The van der Waals surface area contributed by atoms with Crippen molar-refractivity contribution in [2.24, 2.45) is 0 Å². The molecule has 1 saturated carbocycles. The third-order valence-electron chi connectivity index (χ3n) is 7.62. The Kier molecular flexibility index (Phi) is 8.79. The number of alkyl halides is 2. The molecule has 1 aromatic heterocycles. The molecular formula is C31H26ClF3N6O4. The number of nitriles is 1. The highest BCUT2D eigenvalue weighted by Crippen LogP contribution is 2.39. The summed E-state index contributed by atoms with van der Waals surface area (Å²) in [6, 6.07) is 11.5. The molecule has 1 aliphatic heterocycles. The average molecular weight is 639 g/mol. The average Bonchev–Trinajstić information content (AvgIpc) is 2.98. The zero-order valence-electron chi connectivity index (χ0n) is 23.8. The Labute approximate surface area is 261 Å². The lowest BCUT2D eigenvalue weighted by Crippen LogP contribution is -2.64. The van der Waals surface area contributed by atoms with Crippen molar-refractivity contribution in [3.8, 4) is 6.07 Å². The maximum Gasteiger partial charge on any atom is 0.253 e. The van der Waals surface area contributed by atoms with Crippen molar-refractivity contribution in [2.45, 2.75) is 43.8 Å². The fourth-order valence-electron chi connectivity index (χ4n) is 5.43. The van der Waals surface area contributed by atoms with Gasteiger partial charge >= 0.3 is 0 Å². The minimum atomic E-state index is -2.96. The highest BCUT2D eigenvalue weighted by molar-refractivity contribution is 6.31. The molecule has 1 aliphatic carbocycles. The van der Waals surface area contributed by atoms with Gasteiger partial charge in [-0.05, 0) is 36.4 Å². The number of rotatable bonds is 7. The van der Waals surface area contributed by atoms with E-state index in [0.29, 0.717) is 0 Å². The number of nitrogens with one attached hydrogen (secondary N) is 1. The molecule has 0 unspecified atom stereocenters. The molecule has 2 heterocycles. The summed E-state index contributed by atoms with van der Waals surface area (Å²) in [4.78, 5) is 62.0. The molecule has 10 nitrogen and oxygen atoms in total. The maximum atomic E-state index is 14.8. The highest BCUT2D eigenvalue weighted by Gasteiger charge is 2.49. The molecule has 2 atom stereocenters. The SMILES string of the molecule is CC(=O)N1CC(=O)N(c2cc(C#N)ccn2)[C@H](C(=O)N(c2cccc(F)c2)[C@H](C(=O)NC2CC(F)(F)C2)c2ccccc2Cl)C1. The minimum absolute atomic E-state index is 0.0520. The van der Waals surface area contributed by atoms with E-state index in [0.717, 1.165) is 26.8 Å². The number of halogens is 4. The number of piperazine rings is 1. The summed E-state index contributed by atoms with van der Waals surface area (Å²) in [5.74, 6) is -6.79. The summed E-state index contributed by atoms with van der Waals surface area (Å²) in [6.07, 6.45) is 0.0569. The Hall–Kier alpha value is -4.96. The molecule has 5 rings (SSSR count). The second-order valence-electron chi connectivity index (χ2n) is 10.8. The van der Waals surface area contributed by atoms with Gasteiger partial charge in [0.1, 0.15) is 30.3 Å². The zero-order chi connectivity index (χ0) is 32.5. The van der Waals surface area contributed by atoms with E-state index in [9.17, 15) is 37.6 Å². The van der Waals surface area contributed by atoms with Gasteiger partial charge in [0.25, 0.3) is 11.8 Å². The molecule has 2 aliphatic rings. The van der Waals surface area contributed by atoms with Crippen LogP contribution < -0.4 is 15.1 Å². The molecule has 2 aromatic carbocycles. The van der Waals surface area contributed by atoms with Crippen LogP contribution in [0, 0.1) is 17.1 Å². The number of nitrogens with zero attached hydrogens (tertiary/aromatic N) is 5. The van der Waals surface area contributed by atoms with Crippen molar-refractivity contribution >= 4 is 46.7 Å². The summed E-state index contributed by atoms with van der Waals surface area (Å²) in [5.41, 5.74) is 0.132. The van der Waals surface area contributed by atoms with Crippen LogP contribution in [0.25, 0.3) is 0 Å². The van der Waals surface area contributed by atoms with Crippen LogP contribution in [0.3, 0.4) is 0 Å². The molecule has 1 N–H and O–H groups in total. The van der Waals surface area contributed by atoms with Crippen molar-refractivity contribution in [2.75, 3.05) is 22.9 Å². The van der Waals surface area contributed by atoms with Gasteiger partial charge < -0.3 is 10.2 Å². The zero-order valence-corrected chi connectivity index (χ0v) is 24.5. The van der Waals surface area contributed by atoms with Gasteiger partial charge in [-0.2, -0.15) is 5.26 Å². The van der Waals surface area contributed by atoms with E-state index in [-0.39, 0.29) is 34.2 Å². The summed E-state index contributed by atoms with van der Waals surface area (Å²) in [7, 11) is 0. The van der Waals surface area contributed by atoms with Gasteiger partial charge in [-0.15, -0.1) is 0 Å². The lowest BCUT2D eigenvalue weighted by molar-refractivity contribution is -0.139. The number of anilines is 2. The quantitative estimate of drug-likeness (QED) is 0.417. The molecule has 2 fully saturated rings. The predicted octanol–water partition coefficient (Wildman–Crippen LogP) is 4.00. The van der Waals surface area contributed by atoms with Gasteiger partial charge in [0.05, 0.1) is 18.2 Å². The van der Waals surface area contributed by atoms with E-state index in [1.54, 1.807) is 12.1 Å². The van der Waals surface area contributed by atoms with Crippen LogP contribution in [0.4, 0.5) is 24.7 Å². The predicted molar refractivity (Wildman–Crippen MR) is 157 cm³/mol. The molecule has 0 spiro atoms. The topological polar surface area (TPSA) is 127 Å². The molecule has 45 heavy (non-hydrogen) atoms. The normalized spacial score (nSPS) is 18.4. The van der Waals surface area contributed by atoms with E-state index in [2.05, 4.69) is 10.3 Å². The molecule has 4 amide bonds. The number of hydrogen-bond donors (Lipinski definition) is 1. The fraction of sp³-hybridized carbons (Fsp3) is 0.290. The Bertz CT molecular complexity index is 1710. The maximum absolute atomic E-state index is 14.8. The number of carbonyl (C=O) groups excluding carboxylic acids is 4. The number of pyridine rings is 1. The monoisotopic (exact) mass is 638 g/mol. The van der Waals surface area contributed by atoms with E-state index >= 15 is 0 Å². The van der Waals surface area contributed by atoms with Gasteiger partial charge in [0.2, 0.25) is 17.7 Å². The largest absolute Gasteiger partial charge is 0.351 e. The van der Waals surface area contributed by atoms with Crippen molar-refractivity contribution in [1.29, 1.82) is 5.26 Å². The lowest BCUT2D eigenvalue weighted by Gasteiger charge is -2.43. The Morgan fingerprint density at radius 3 is 2.51 bits per heavy atom. The Morgan fingerprint density at radius 2 is 1.87 bits per heavy atom. The van der Waals surface area contributed by atoms with E-state index in [4.69, 9.17) is 11.6 Å². The number of aromatic nitrogens is 1. The first-order valence-corrected chi connectivity index (χ1v) is 14.2. The van der Waals surface area contributed by atoms with E-state index in [1.165, 1.54) is 49.5 Å². The molecule has 14 heteroatoms. The number of hydrogen-bond acceptors (Lipinski definition) is 6. The van der Waals surface area contributed by atoms with Crippen LogP contribution in [0.1, 0.15) is 36.9 Å². The fourth-order valence-corrected chi connectivity index (χ4v) is 5.67. The molecule has 1 saturated heterocycles. The molecule has 0 radical (unpaired) electrons. The van der Waals surface area contributed by atoms with Crippen LogP contribution in [-0.4, -0.2) is 64.6 Å². The van der Waals surface area contributed by atoms with Crippen molar-refractivity contribution < 1.29 is 32.3 Å². The number of benzene rings is 2. The van der Waals surface area contributed by atoms with Crippen molar-refractivity contribution in [1.82, 2.24) is 15.2 Å². The van der Waals surface area contributed by atoms with Crippen molar-refractivity contribution in [3.05, 3.63) is 88.8 Å². The van der Waals surface area contributed by atoms with Gasteiger partial charge in [0.15, 0.2) is 0 Å². The van der Waals surface area contributed by atoms with Crippen LogP contribution in [0.2, 0.25) is 5.02 Å². The van der Waals surface area contributed by atoms with Crippen LogP contribution in [0.15, 0.2) is 66.9 Å². The first-order valence-electron chi connectivity index (χ1n) is 13.8. The minimum Gasteiger partial charge on any atom is -0.351 e. The smallest absolute Gasteiger partial charge is 0.253 e. The second-order valence-corrected chi connectivity index (χ2v) is 11.2. The second kappa shape index (κ2) is 12.6. The summed E-state index contributed by atoms with van der Waals surface area (Å²) < 4.78 is 42.1. The first-order chi connectivity index (χ1) is 21.4. The summed E-state index contributed by atoms with van der Waals surface area (Å²) in [5, 5.41) is 12.1. The van der Waals surface area contributed by atoms with Gasteiger partial charge in [-0.1, -0.05) is 35.9 Å². The standard InChI is InChI=1S/C31H26ClF3N6O4/c1-18(42)39-16-25(41(27(43)17-39)26-11-19(15-36)9-10-37-26)30(45)40(22-6-4-5-20(33)12-22)28(23-7-2-3-8-24(23)32)29(44)38-21-13-31(34,35)14-21/h2-12,21,25,28H,13-14,16-17H2,1H3,(H,38,44)/t25-,28-/m0/s1. The van der Waals surface area contributed by atoms with Gasteiger partial charge in [0, 0.05) is 48.3 Å². The van der Waals surface area contributed by atoms with Crippen LogP contribution in [-0.2, 0) is 19.2 Å². The third kappa shape index (κ3) is 6.61. The molecule has 3 aromatic rings. The molecule has 0 bridgehead atoms.